The number of nitro groups is 1. The maximum Gasteiger partial charge on any atom is 0.339 e. The summed E-state index contributed by atoms with van der Waals surface area (Å²) in [4.78, 5) is 14.0. The molecule has 0 bridgehead atoms. The monoisotopic (exact) mass is 330 g/mol. The first-order valence-electron chi connectivity index (χ1n) is 6.50. The zero-order chi connectivity index (χ0) is 16.4. The molecule has 23 heavy (non-hydrogen) atoms. The third-order valence-electron chi connectivity index (χ3n) is 3.13. The molecule has 0 saturated heterocycles. The maximum absolute atomic E-state index is 12.3. The highest BCUT2D eigenvalue weighted by Crippen LogP contribution is 2.27. The summed E-state index contributed by atoms with van der Waals surface area (Å²) in [7, 11) is -4.11. The van der Waals surface area contributed by atoms with Crippen LogP contribution >= 0.6 is 0 Å². The van der Waals surface area contributed by atoms with Crippen molar-refractivity contribution in [3.05, 3.63) is 70.9 Å². The van der Waals surface area contributed by atoms with Gasteiger partial charge in [0.1, 0.15) is 10.4 Å². The number of nitrogens with zero attached hydrogens (tertiary/aromatic N) is 2. The van der Waals surface area contributed by atoms with Crippen LogP contribution in [0.5, 0.6) is 5.75 Å². The van der Waals surface area contributed by atoms with Crippen LogP contribution in [0.1, 0.15) is 0 Å². The van der Waals surface area contributed by atoms with Gasteiger partial charge in [0.15, 0.2) is 5.75 Å². The summed E-state index contributed by atoms with van der Waals surface area (Å²) >= 11 is 0. The van der Waals surface area contributed by atoms with Crippen LogP contribution < -0.4 is 4.18 Å². The summed E-state index contributed by atoms with van der Waals surface area (Å²) < 4.78 is 29.8. The van der Waals surface area contributed by atoms with Crippen molar-refractivity contribution in [2.45, 2.75) is 4.90 Å². The molecule has 3 rings (SSSR count). The van der Waals surface area contributed by atoms with Crippen molar-refractivity contribution in [2.75, 3.05) is 0 Å². The normalized spacial score (nSPS) is 11.3. The third-order valence-corrected chi connectivity index (χ3v) is 4.38. The molecule has 0 radical (unpaired) electrons. The zero-order valence-corrected chi connectivity index (χ0v) is 12.4. The molecule has 0 unspecified atom stereocenters. The lowest BCUT2D eigenvalue weighted by Crippen LogP contribution is -2.10. The summed E-state index contributed by atoms with van der Waals surface area (Å²) in [6.07, 6.45) is 1.54. The number of hydrogen-bond donors (Lipinski definition) is 0. The van der Waals surface area contributed by atoms with E-state index >= 15 is 0 Å². The van der Waals surface area contributed by atoms with Gasteiger partial charge in [-0.25, -0.2) is 0 Å². The summed E-state index contributed by atoms with van der Waals surface area (Å²) in [5.41, 5.74) is 0.219. The van der Waals surface area contributed by atoms with Gasteiger partial charge in [-0.2, -0.15) is 8.42 Å². The Labute approximate surface area is 131 Å². The summed E-state index contributed by atoms with van der Waals surface area (Å²) in [5, 5.41) is 11.4. The van der Waals surface area contributed by atoms with E-state index in [1.807, 2.05) is 0 Å². The second kappa shape index (κ2) is 5.65. The number of pyridine rings is 1. The molecular weight excluding hydrogens is 320 g/mol. The lowest BCUT2D eigenvalue weighted by molar-refractivity contribution is -0.384. The first kappa shape index (κ1) is 14.9. The van der Waals surface area contributed by atoms with Gasteiger partial charge in [0.2, 0.25) is 0 Å². The Morgan fingerprint density at radius 1 is 1.00 bits per heavy atom. The highest BCUT2D eigenvalue weighted by molar-refractivity contribution is 7.87. The molecule has 0 N–H and O–H groups in total. The Morgan fingerprint density at radius 2 is 1.70 bits per heavy atom. The summed E-state index contributed by atoms with van der Waals surface area (Å²) in [5.74, 6) is 0.0986. The summed E-state index contributed by atoms with van der Waals surface area (Å²) in [6.45, 7) is 0. The van der Waals surface area contributed by atoms with Crippen molar-refractivity contribution in [3.8, 4) is 5.75 Å². The lowest BCUT2D eigenvalue weighted by Gasteiger charge is -2.08. The van der Waals surface area contributed by atoms with Crippen molar-refractivity contribution in [3.63, 3.8) is 0 Å². The number of nitro benzene ring substituents is 1. The van der Waals surface area contributed by atoms with Gasteiger partial charge in [-0.15, -0.1) is 0 Å². The van der Waals surface area contributed by atoms with Crippen molar-refractivity contribution in [2.24, 2.45) is 0 Å². The molecule has 0 aliphatic heterocycles. The fourth-order valence-corrected chi connectivity index (χ4v) is 2.98. The number of aromatic nitrogens is 1. The second-order valence-electron chi connectivity index (χ2n) is 4.62. The third kappa shape index (κ3) is 2.97. The SMILES string of the molecule is O=[N+]([O-])c1ccc(S(=O)(=O)Oc2cccc3cccnc23)cc1. The van der Waals surface area contributed by atoms with Gasteiger partial charge in [0, 0.05) is 23.7 Å². The van der Waals surface area contributed by atoms with Crippen LogP contribution in [0.15, 0.2) is 65.7 Å². The number of para-hydroxylation sites is 1. The van der Waals surface area contributed by atoms with Crippen molar-refractivity contribution >= 4 is 26.7 Å². The topological polar surface area (TPSA) is 99.4 Å². The predicted molar refractivity (Wildman–Crippen MR) is 82.7 cm³/mol. The van der Waals surface area contributed by atoms with E-state index in [2.05, 4.69) is 4.98 Å². The average molecular weight is 330 g/mol. The Balaban J connectivity index is 1.98. The molecular formula is C15H10N2O5S. The van der Waals surface area contributed by atoms with Crippen LogP contribution in [0.2, 0.25) is 0 Å². The number of fused-ring (bicyclic) bond motifs is 1. The highest BCUT2D eigenvalue weighted by atomic mass is 32.2. The number of benzene rings is 2. The van der Waals surface area contributed by atoms with Crippen molar-refractivity contribution in [1.29, 1.82) is 0 Å². The van der Waals surface area contributed by atoms with Crippen molar-refractivity contribution in [1.82, 2.24) is 4.98 Å². The molecule has 7 nitrogen and oxygen atoms in total. The zero-order valence-electron chi connectivity index (χ0n) is 11.6. The van der Waals surface area contributed by atoms with E-state index in [0.717, 1.165) is 29.7 Å². The van der Waals surface area contributed by atoms with E-state index in [4.69, 9.17) is 4.18 Å². The number of non-ortho nitro benzene ring substituents is 1. The highest BCUT2D eigenvalue weighted by Gasteiger charge is 2.19. The number of hydrogen-bond acceptors (Lipinski definition) is 6. The second-order valence-corrected chi connectivity index (χ2v) is 6.17. The molecule has 1 aromatic heterocycles. The van der Waals surface area contributed by atoms with Crippen LogP contribution in [0.25, 0.3) is 10.9 Å². The van der Waals surface area contributed by atoms with Crippen LogP contribution in [0, 0.1) is 10.1 Å². The van der Waals surface area contributed by atoms with E-state index in [0.29, 0.717) is 5.52 Å². The first-order valence-corrected chi connectivity index (χ1v) is 7.91. The van der Waals surface area contributed by atoms with Crippen LogP contribution in [-0.2, 0) is 10.1 Å². The molecule has 2 aromatic carbocycles. The Bertz CT molecular complexity index is 979. The molecule has 0 saturated carbocycles. The largest absolute Gasteiger partial charge is 0.377 e. The minimum absolute atomic E-state index is 0.0986. The van der Waals surface area contributed by atoms with Gasteiger partial charge in [-0.3, -0.25) is 15.1 Å². The molecule has 0 fully saturated rings. The van der Waals surface area contributed by atoms with Gasteiger partial charge in [0.05, 0.1) is 4.92 Å². The van der Waals surface area contributed by atoms with Crippen molar-refractivity contribution < 1.29 is 17.5 Å². The van der Waals surface area contributed by atoms with Gasteiger partial charge in [-0.1, -0.05) is 18.2 Å². The molecule has 0 spiro atoms. The first-order chi connectivity index (χ1) is 11.0. The Hall–Kier alpha value is -3.00. The van der Waals surface area contributed by atoms with Gasteiger partial charge in [-0.05, 0) is 24.3 Å². The Morgan fingerprint density at radius 3 is 2.39 bits per heavy atom. The quantitative estimate of drug-likeness (QED) is 0.414. The molecule has 0 aliphatic rings. The average Bonchev–Trinajstić information content (AvgIpc) is 2.55. The van der Waals surface area contributed by atoms with Crippen LogP contribution in [-0.4, -0.2) is 18.3 Å². The van der Waals surface area contributed by atoms with Crippen LogP contribution in [0.3, 0.4) is 0 Å². The van der Waals surface area contributed by atoms with Gasteiger partial charge in [0.25, 0.3) is 5.69 Å². The van der Waals surface area contributed by atoms with E-state index in [1.54, 1.807) is 24.3 Å². The van der Waals surface area contributed by atoms with E-state index in [9.17, 15) is 18.5 Å². The molecule has 0 atom stereocenters. The molecule has 0 amide bonds. The Kier molecular flexibility index (Phi) is 3.67. The molecule has 1 heterocycles. The standard InChI is InChI=1S/C15H10N2O5S/c18-17(19)12-6-8-13(9-7-12)23(20,21)22-14-5-1-3-11-4-2-10-16-15(11)14/h1-10H. The number of rotatable bonds is 4. The fourth-order valence-electron chi connectivity index (χ4n) is 2.04. The van der Waals surface area contributed by atoms with Crippen LogP contribution in [0.4, 0.5) is 5.69 Å². The molecule has 116 valence electrons. The fraction of sp³-hybridized carbons (Fsp3) is 0. The van der Waals surface area contributed by atoms with E-state index in [1.165, 1.54) is 12.3 Å². The molecule has 0 aliphatic carbocycles. The lowest BCUT2D eigenvalue weighted by atomic mass is 10.2. The predicted octanol–water partition coefficient (Wildman–Crippen LogP) is 2.91. The minimum atomic E-state index is -4.11. The molecule has 8 heteroatoms. The van der Waals surface area contributed by atoms with E-state index < -0.39 is 15.0 Å². The van der Waals surface area contributed by atoms with E-state index in [-0.39, 0.29) is 16.3 Å². The van der Waals surface area contributed by atoms with Gasteiger partial charge >= 0.3 is 10.1 Å². The maximum atomic E-state index is 12.3. The minimum Gasteiger partial charge on any atom is -0.377 e. The molecule has 3 aromatic rings. The summed E-state index contributed by atoms with van der Waals surface area (Å²) in [6, 6.07) is 12.9. The van der Waals surface area contributed by atoms with Gasteiger partial charge < -0.3 is 4.18 Å². The smallest absolute Gasteiger partial charge is 0.339 e.